The van der Waals surface area contributed by atoms with Gasteiger partial charge in [-0.25, -0.2) is 9.97 Å². The van der Waals surface area contributed by atoms with Crippen molar-refractivity contribution in [3.8, 4) is 0 Å². The van der Waals surface area contributed by atoms with Gasteiger partial charge in [-0.05, 0) is 31.0 Å². The lowest BCUT2D eigenvalue weighted by Gasteiger charge is -2.17. The summed E-state index contributed by atoms with van der Waals surface area (Å²) in [6.45, 7) is 3.94. The summed E-state index contributed by atoms with van der Waals surface area (Å²) >= 11 is 0. The van der Waals surface area contributed by atoms with Crippen molar-refractivity contribution >= 4 is 22.6 Å². The van der Waals surface area contributed by atoms with E-state index >= 15 is 0 Å². The Balaban J connectivity index is 2.38. The Bertz CT molecular complexity index is 660. The molecule has 3 rings (SSSR count). The molecule has 1 aromatic heterocycles. The average molecular weight is 214 g/mol. The van der Waals surface area contributed by atoms with Crippen LogP contribution in [-0.4, -0.2) is 20.2 Å². The van der Waals surface area contributed by atoms with E-state index in [1.807, 2.05) is 26.0 Å². The third-order valence-electron chi connectivity index (χ3n) is 2.78. The monoisotopic (exact) mass is 214 g/mol. The van der Waals surface area contributed by atoms with Crippen LogP contribution in [0.3, 0.4) is 0 Å². The van der Waals surface area contributed by atoms with Gasteiger partial charge in [-0.2, -0.15) is 0 Å². The molecule has 2 aromatic rings. The van der Waals surface area contributed by atoms with Gasteiger partial charge in [0.05, 0.1) is 11.0 Å². The van der Waals surface area contributed by atoms with Crippen LogP contribution in [0.2, 0.25) is 0 Å². The topological polar surface area (TPSA) is 66.2 Å². The Labute approximate surface area is 91.9 Å². The predicted octanol–water partition coefficient (Wildman–Crippen LogP) is 2.50. The fraction of sp³-hybridized carbons (Fsp3) is 0.167. The molecule has 0 bridgehead atoms. The molecule has 1 heterocycles. The second-order valence-corrected chi connectivity index (χ2v) is 4.07. The van der Waals surface area contributed by atoms with E-state index in [1.165, 1.54) is 0 Å². The van der Waals surface area contributed by atoms with Crippen molar-refractivity contribution in [2.24, 2.45) is 0 Å². The smallest absolute Gasteiger partial charge is 0.188 e. The molecular weight excluding hydrogens is 204 g/mol. The van der Waals surface area contributed by atoms with E-state index < -0.39 is 0 Å². The highest BCUT2D eigenvalue weighted by molar-refractivity contribution is 5.96. The maximum absolute atomic E-state index is 9.40. The first-order valence-corrected chi connectivity index (χ1v) is 5.00. The Morgan fingerprint density at radius 1 is 0.938 bits per heavy atom. The van der Waals surface area contributed by atoms with Crippen LogP contribution in [0.1, 0.15) is 22.5 Å². The van der Waals surface area contributed by atoms with E-state index in [1.54, 1.807) is 0 Å². The van der Waals surface area contributed by atoms with Gasteiger partial charge in [0.25, 0.3) is 0 Å². The zero-order valence-electron chi connectivity index (χ0n) is 8.94. The van der Waals surface area contributed by atoms with Crippen LogP contribution in [0.4, 0.5) is 0 Å². The SMILES string of the molecule is Cc1cc(C)c2nc3c(nc2c1)C(O)=C3O. The van der Waals surface area contributed by atoms with Crippen molar-refractivity contribution in [3.63, 3.8) is 0 Å². The van der Waals surface area contributed by atoms with Crippen LogP contribution >= 0.6 is 0 Å². The second-order valence-electron chi connectivity index (χ2n) is 4.07. The molecule has 0 aliphatic heterocycles. The molecule has 0 saturated carbocycles. The predicted molar refractivity (Wildman–Crippen MR) is 61.1 cm³/mol. The number of rotatable bonds is 0. The highest BCUT2D eigenvalue weighted by atomic mass is 16.3. The van der Waals surface area contributed by atoms with E-state index in [2.05, 4.69) is 9.97 Å². The molecule has 0 radical (unpaired) electrons. The van der Waals surface area contributed by atoms with E-state index in [0.29, 0.717) is 11.4 Å². The van der Waals surface area contributed by atoms with Crippen molar-refractivity contribution in [1.82, 2.24) is 9.97 Å². The van der Waals surface area contributed by atoms with Crippen molar-refractivity contribution in [1.29, 1.82) is 0 Å². The summed E-state index contributed by atoms with van der Waals surface area (Å²) in [6, 6.07) is 3.93. The summed E-state index contributed by atoms with van der Waals surface area (Å²) in [6.07, 6.45) is 0. The van der Waals surface area contributed by atoms with Gasteiger partial charge in [0, 0.05) is 0 Å². The first-order valence-electron chi connectivity index (χ1n) is 5.00. The molecular formula is C12H10N2O2. The molecule has 16 heavy (non-hydrogen) atoms. The molecule has 0 fully saturated rings. The third-order valence-corrected chi connectivity index (χ3v) is 2.78. The molecule has 0 spiro atoms. The molecule has 1 aliphatic carbocycles. The van der Waals surface area contributed by atoms with Gasteiger partial charge < -0.3 is 10.2 Å². The van der Waals surface area contributed by atoms with Crippen LogP contribution in [0.5, 0.6) is 0 Å². The molecule has 4 nitrogen and oxygen atoms in total. The standard InChI is InChI=1S/C12H10N2O2/c1-5-3-6(2)8-7(4-5)13-9-10(14-8)12(16)11(9)15/h3-4,15-16H,1-2H3. The number of aromatic nitrogens is 2. The highest BCUT2D eigenvalue weighted by Crippen LogP contribution is 2.35. The fourth-order valence-corrected chi connectivity index (χ4v) is 2.00. The van der Waals surface area contributed by atoms with Crippen molar-refractivity contribution in [3.05, 3.63) is 34.6 Å². The summed E-state index contributed by atoms with van der Waals surface area (Å²) < 4.78 is 0. The summed E-state index contributed by atoms with van der Waals surface area (Å²) in [5.74, 6) is -0.326. The second kappa shape index (κ2) is 2.72. The van der Waals surface area contributed by atoms with Gasteiger partial charge in [-0.15, -0.1) is 0 Å². The Morgan fingerprint density at radius 3 is 2.25 bits per heavy atom. The zero-order valence-corrected chi connectivity index (χ0v) is 8.94. The van der Waals surface area contributed by atoms with Crippen LogP contribution in [0.15, 0.2) is 12.1 Å². The first kappa shape index (κ1) is 9.15. The Hall–Kier alpha value is -2.10. The molecule has 1 aliphatic rings. The zero-order chi connectivity index (χ0) is 11.4. The molecule has 0 atom stereocenters. The van der Waals surface area contributed by atoms with Gasteiger partial charge in [0.1, 0.15) is 11.4 Å². The van der Waals surface area contributed by atoms with Crippen LogP contribution in [-0.2, 0) is 0 Å². The average Bonchev–Trinajstić information content (AvgIpc) is 2.26. The molecule has 1 aromatic carbocycles. The van der Waals surface area contributed by atoms with E-state index in [0.717, 1.165) is 22.2 Å². The number of aryl methyl sites for hydroxylation is 2. The number of hydrogen-bond donors (Lipinski definition) is 2. The fourth-order valence-electron chi connectivity index (χ4n) is 2.00. The van der Waals surface area contributed by atoms with Crippen LogP contribution in [0, 0.1) is 13.8 Å². The summed E-state index contributed by atoms with van der Waals surface area (Å²) in [5, 5.41) is 18.8. The molecule has 4 heteroatoms. The maximum Gasteiger partial charge on any atom is 0.188 e. The molecule has 0 amide bonds. The van der Waals surface area contributed by atoms with Gasteiger partial charge >= 0.3 is 0 Å². The van der Waals surface area contributed by atoms with Crippen molar-refractivity contribution in [2.75, 3.05) is 0 Å². The van der Waals surface area contributed by atoms with E-state index in [-0.39, 0.29) is 11.5 Å². The summed E-state index contributed by atoms with van der Waals surface area (Å²) in [5.41, 5.74) is 4.40. The normalized spacial score (nSPS) is 13.9. The minimum Gasteiger partial charge on any atom is -0.503 e. The lowest BCUT2D eigenvalue weighted by molar-refractivity contribution is 0.440. The lowest BCUT2D eigenvalue weighted by Crippen LogP contribution is -2.12. The molecule has 0 unspecified atom stereocenters. The molecule has 80 valence electrons. The van der Waals surface area contributed by atoms with Gasteiger partial charge in [-0.3, -0.25) is 0 Å². The molecule has 2 N–H and O–H groups in total. The van der Waals surface area contributed by atoms with Gasteiger partial charge in [0.2, 0.25) is 0 Å². The van der Waals surface area contributed by atoms with Gasteiger partial charge in [-0.1, -0.05) is 6.07 Å². The summed E-state index contributed by atoms with van der Waals surface area (Å²) in [4.78, 5) is 8.59. The number of hydrogen-bond acceptors (Lipinski definition) is 4. The van der Waals surface area contributed by atoms with Crippen molar-refractivity contribution in [2.45, 2.75) is 13.8 Å². The molecule has 0 saturated heterocycles. The quantitative estimate of drug-likeness (QED) is 0.707. The highest BCUT2D eigenvalue weighted by Gasteiger charge is 2.29. The third kappa shape index (κ3) is 0.984. The van der Waals surface area contributed by atoms with E-state index in [4.69, 9.17) is 0 Å². The summed E-state index contributed by atoms with van der Waals surface area (Å²) in [7, 11) is 0. The first-order chi connectivity index (χ1) is 7.58. The minimum atomic E-state index is -0.163. The Kier molecular flexibility index (Phi) is 1.56. The maximum atomic E-state index is 9.40. The number of aliphatic hydroxyl groups is 2. The number of benzene rings is 1. The Morgan fingerprint density at radius 2 is 1.56 bits per heavy atom. The number of fused-ring (bicyclic) bond motifs is 2. The van der Waals surface area contributed by atoms with Crippen LogP contribution < -0.4 is 0 Å². The van der Waals surface area contributed by atoms with Crippen molar-refractivity contribution < 1.29 is 10.2 Å². The number of aliphatic hydroxyl groups excluding tert-OH is 2. The largest absolute Gasteiger partial charge is 0.503 e. The van der Waals surface area contributed by atoms with Gasteiger partial charge in [0.15, 0.2) is 11.5 Å². The number of nitrogens with zero attached hydrogens (tertiary/aromatic N) is 2. The van der Waals surface area contributed by atoms with E-state index in [9.17, 15) is 10.2 Å². The lowest BCUT2D eigenvalue weighted by atomic mass is 10.0. The minimum absolute atomic E-state index is 0.163. The van der Waals surface area contributed by atoms with Crippen LogP contribution in [0.25, 0.3) is 22.6 Å².